The van der Waals surface area contributed by atoms with E-state index in [4.69, 9.17) is 9.47 Å². The molecule has 5 rings (SSSR count). The van der Waals surface area contributed by atoms with Crippen LogP contribution >= 0.6 is 0 Å². The van der Waals surface area contributed by atoms with Crippen molar-refractivity contribution in [1.82, 2.24) is 21.3 Å². The Morgan fingerprint density at radius 3 is 1.88 bits per heavy atom. The van der Waals surface area contributed by atoms with Gasteiger partial charge in [-0.1, -0.05) is 129 Å². The number of nitrogens with one attached hydrogen (secondary N) is 4. The molecule has 0 radical (unpaired) electrons. The van der Waals surface area contributed by atoms with E-state index >= 15 is 0 Å². The van der Waals surface area contributed by atoms with Crippen molar-refractivity contribution >= 4 is 24.0 Å². The van der Waals surface area contributed by atoms with Crippen LogP contribution in [0.3, 0.4) is 0 Å². The molecule has 0 aromatic heterocycles. The summed E-state index contributed by atoms with van der Waals surface area (Å²) in [6, 6.07) is 31.5. The third-order valence-electron chi connectivity index (χ3n) is 9.02. The summed E-state index contributed by atoms with van der Waals surface area (Å²) < 4.78 is 11.6. The number of urea groups is 1. The van der Waals surface area contributed by atoms with Crippen molar-refractivity contribution in [3.05, 3.63) is 131 Å². The van der Waals surface area contributed by atoms with Gasteiger partial charge in [-0.05, 0) is 39.3 Å². The summed E-state index contributed by atoms with van der Waals surface area (Å²) in [7, 11) is 0. The molecule has 4 aromatic carbocycles. The van der Waals surface area contributed by atoms with E-state index in [1.54, 1.807) is 6.92 Å². The number of aliphatic carboxylic acids is 1. The van der Waals surface area contributed by atoms with Gasteiger partial charge < -0.3 is 35.8 Å². The lowest BCUT2D eigenvalue weighted by Gasteiger charge is -2.26. The van der Waals surface area contributed by atoms with Gasteiger partial charge in [0.05, 0.1) is 13.2 Å². The molecule has 266 valence electrons. The second kappa shape index (κ2) is 17.8. The quantitative estimate of drug-likeness (QED) is 0.0959. The third kappa shape index (κ3) is 9.95. The lowest BCUT2D eigenvalue weighted by atomic mass is 9.98. The van der Waals surface area contributed by atoms with Crippen LogP contribution < -0.4 is 21.3 Å². The molecule has 1 aliphatic carbocycles. The Morgan fingerprint density at radius 2 is 1.29 bits per heavy atom. The van der Waals surface area contributed by atoms with E-state index in [2.05, 4.69) is 21.3 Å². The summed E-state index contributed by atoms with van der Waals surface area (Å²) in [6.45, 7) is 3.62. The van der Waals surface area contributed by atoms with Crippen LogP contribution in [-0.4, -0.2) is 60.6 Å². The summed E-state index contributed by atoms with van der Waals surface area (Å²) in [5.41, 5.74) is 5.98. The molecule has 4 aromatic rings. The molecule has 0 saturated heterocycles. The Morgan fingerprint density at radius 1 is 0.725 bits per heavy atom. The molecule has 0 saturated carbocycles. The van der Waals surface area contributed by atoms with Crippen molar-refractivity contribution in [1.29, 1.82) is 0 Å². The number of hydrogen-bond acceptors (Lipinski definition) is 6. The van der Waals surface area contributed by atoms with E-state index in [0.717, 1.165) is 33.4 Å². The van der Waals surface area contributed by atoms with Gasteiger partial charge in [-0.25, -0.2) is 14.4 Å². The van der Waals surface area contributed by atoms with Gasteiger partial charge >= 0.3 is 18.1 Å². The first kappa shape index (κ1) is 36.6. The van der Waals surface area contributed by atoms with Crippen LogP contribution in [0.5, 0.6) is 0 Å². The number of alkyl carbamates (subject to hydrolysis) is 1. The highest BCUT2D eigenvalue weighted by atomic mass is 16.5. The van der Waals surface area contributed by atoms with Crippen LogP contribution in [-0.2, 0) is 32.1 Å². The fourth-order valence-corrected chi connectivity index (χ4v) is 6.12. The zero-order valence-corrected chi connectivity index (χ0v) is 28.7. The number of ether oxygens (including phenoxy) is 2. The van der Waals surface area contributed by atoms with Gasteiger partial charge in [0.15, 0.2) is 0 Å². The van der Waals surface area contributed by atoms with E-state index in [1.807, 2.05) is 116 Å². The van der Waals surface area contributed by atoms with Gasteiger partial charge in [0.2, 0.25) is 5.91 Å². The normalized spacial score (nSPS) is 14.2. The Hall–Kier alpha value is -5.68. The second-order valence-electron chi connectivity index (χ2n) is 12.6. The number of amides is 4. The predicted molar refractivity (Wildman–Crippen MR) is 193 cm³/mol. The third-order valence-corrected chi connectivity index (χ3v) is 9.02. The molecule has 0 fully saturated rings. The second-order valence-corrected chi connectivity index (χ2v) is 12.6. The minimum absolute atomic E-state index is 0.0539. The number of carbonyl (C=O) groups excluding carboxylic acids is 3. The highest BCUT2D eigenvalue weighted by Crippen LogP contribution is 2.44. The molecule has 0 spiro atoms. The van der Waals surface area contributed by atoms with E-state index in [-0.39, 0.29) is 38.1 Å². The molecular formula is C40H44N4O7. The van der Waals surface area contributed by atoms with Gasteiger partial charge in [-0.15, -0.1) is 0 Å². The zero-order valence-electron chi connectivity index (χ0n) is 28.7. The molecule has 11 heteroatoms. The molecule has 4 atom stereocenters. The van der Waals surface area contributed by atoms with Crippen LogP contribution in [0.25, 0.3) is 11.1 Å². The molecule has 0 bridgehead atoms. The average Bonchev–Trinajstić information content (AvgIpc) is 3.46. The highest BCUT2D eigenvalue weighted by molar-refractivity contribution is 5.87. The number of hydrogen-bond donors (Lipinski definition) is 5. The molecule has 4 amide bonds. The van der Waals surface area contributed by atoms with Gasteiger partial charge in [-0.2, -0.15) is 0 Å². The van der Waals surface area contributed by atoms with Crippen LogP contribution in [0.15, 0.2) is 109 Å². The van der Waals surface area contributed by atoms with Crippen molar-refractivity contribution in [2.24, 2.45) is 5.92 Å². The molecule has 0 heterocycles. The van der Waals surface area contributed by atoms with E-state index < -0.39 is 42.3 Å². The maximum absolute atomic E-state index is 13.8. The molecule has 0 unspecified atom stereocenters. The summed E-state index contributed by atoms with van der Waals surface area (Å²) >= 11 is 0. The number of carboxylic acid groups (broad SMARTS) is 1. The van der Waals surface area contributed by atoms with Crippen molar-refractivity contribution < 1.29 is 33.8 Å². The lowest BCUT2D eigenvalue weighted by Crippen LogP contribution is -2.59. The maximum Gasteiger partial charge on any atom is 0.407 e. The molecule has 5 N–H and O–H groups in total. The molecule has 0 aliphatic heterocycles. The van der Waals surface area contributed by atoms with Crippen LogP contribution in [0.1, 0.15) is 48.4 Å². The van der Waals surface area contributed by atoms with E-state index in [1.165, 1.54) is 0 Å². The average molecular weight is 693 g/mol. The smallest absolute Gasteiger partial charge is 0.407 e. The fraction of sp³-hybridized carbons (Fsp3) is 0.300. The van der Waals surface area contributed by atoms with Gasteiger partial charge in [0.1, 0.15) is 24.9 Å². The van der Waals surface area contributed by atoms with Crippen LogP contribution in [0, 0.1) is 5.92 Å². The Labute approximate surface area is 297 Å². The fourth-order valence-electron chi connectivity index (χ4n) is 6.12. The summed E-state index contributed by atoms with van der Waals surface area (Å²) in [5.74, 6) is -2.30. The largest absolute Gasteiger partial charge is 0.480 e. The zero-order chi connectivity index (χ0) is 36.2. The lowest BCUT2D eigenvalue weighted by molar-refractivity contribution is -0.140. The standard InChI is InChI=1S/C40H44N4O7/c1-3-26(2)36(38(46)47)44-39(48)43-35(22-27-14-6-4-7-15-27)42-37(45)34(25-50-23-28-16-8-5-9-17-28)41-40(49)51-24-33-31-20-12-10-18-29(31)30-19-11-13-21-32(30)33/h4-21,26,33-36H,3,22-25H2,1-2H3,(H,41,49)(H,42,45)(H,46,47)(H2,43,44,48)/t26-,34-,35+,36-/m0/s1. The molecular weight excluding hydrogens is 648 g/mol. The number of carboxylic acids is 1. The Balaban J connectivity index is 1.29. The van der Waals surface area contributed by atoms with E-state index in [0.29, 0.717) is 6.42 Å². The Bertz CT molecular complexity index is 1740. The number of fused-ring (bicyclic) bond motifs is 3. The number of carbonyl (C=O) groups is 4. The van der Waals surface area contributed by atoms with Gasteiger partial charge in [-0.3, -0.25) is 4.79 Å². The summed E-state index contributed by atoms with van der Waals surface area (Å²) in [4.78, 5) is 52.1. The van der Waals surface area contributed by atoms with Gasteiger partial charge in [0.25, 0.3) is 0 Å². The summed E-state index contributed by atoms with van der Waals surface area (Å²) in [6.07, 6.45) is -1.05. The SMILES string of the molecule is CC[C@H](C)[C@H](NC(=O)N[C@H](Cc1ccccc1)NC(=O)[C@H](COCc1ccccc1)NC(=O)OCC1c2ccccc2-c2ccccc21)C(=O)O. The van der Waals surface area contributed by atoms with Crippen molar-refractivity contribution in [3.63, 3.8) is 0 Å². The molecule has 51 heavy (non-hydrogen) atoms. The topological polar surface area (TPSA) is 155 Å². The first-order valence-corrected chi connectivity index (χ1v) is 17.1. The van der Waals surface area contributed by atoms with Crippen molar-refractivity contribution in [3.8, 4) is 11.1 Å². The number of benzene rings is 4. The monoisotopic (exact) mass is 692 g/mol. The first-order chi connectivity index (χ1) is 24.7. The summed E-state index contributed by atoms with van der Waals surface area (Å²) in [5, 5.41) is 20.4. The van der Waals surface area contributed by atoms with Crippen molar-refractivity contribution in [2.45, 2.75) is 57.5 Å². The van der Waals surface area contributed by atoms with Gasteiger partial charge in [0, 0.05) is 12.3 Å². The molecule has 11 nitrogen and oxygen atoms in total. The van der Waals surface area contributed by atoms with Crippen molar-refractivity contribution in [2.75, 3.05) is 13.2 Å². The van der Waals surface area contributed by atoms with Crippen LogP contribution in [0.4, 0.5) is 9.59 Å². The maximum atomic E-state index is 13.8. The highest BCUT2D eigenvalue weighted by Gasteiger charge is 2.31. The molecule has 1 aliphatic rings. The Kier molecular flexibility index (Phi) is 12.8. The minimum Gasteiger partial charge on any atom is -0.480 e. The number of rotatable bonds is 16. The predicted octanol–water partition coefficient (Wildman–Crippen LogP) is 5.59. The minimum atomic E-state index is -1.20. The van der Waals surface area contributed by atoms with E-state index in [9.17, 15) is 24.3 Å². The first-order valence-electron chi connectivity index (χ1n) is 17.1. The van der Waals surface area contributed by atoms with Crippen LogP contribution in [0.2, 0.25) is 0 Å².